The number of aromatic amines is 1. The van der Waals surface area contributed by atoms with Crippen molar-refractivity contribution in [3.05, 3.63) is 29.8 Å². The molecule has 1 fully saturated rings. The van der Waals surface area contributed by atoms with Crippen LogP contribution in [0.15, 0.2) is 18.3 Å². The Bertz CT molecular complexity index is 645. The van der Waals surface area contributed by atoms with Crippen LogP contribution in [0, 0.1) is 12.8 Å². The number of hydrogen-bond acceptors (Lipinski definition) is 4. The number of nitrogens with one attached hydrogen (secondary N) is 1. The van der Waals surface area contributed by atoms with Gasteiger partial charge < -0.3 is 4.90 Å². The van der Waals surface area contributed by atoms with Gasteiger partial charge in [0, 0.05) is 38.3 Å². The standard InChI is InChI=1S/C16H21N5O/c1-11-9-15(14-3-6-17-20-14)19-16(18-11)10-13-4-7-21(8-5-13)12(2)22/h3,6,9,13H,4-5,7-8,10H2,1-2H3,(H,17,20). The van der Waals surface area contributed by atoms with Gasteiger partial charge in [-0.15, -0.1) is 0 Å². The SMILES string of the molecule is CC(=O)N1CCC(Cc2nc(C)cc(-c3ccn[nH]3)n2)CC1. The highest BCUT2D eigenvalue weighted by Crippen LogP contribution is 2.22. The predicted molar refractivity (Wildman–Crippen MR) is 83.0 cm³/mol. The first-order valence-electron chi connectivity index (χ1n) is 7.71. The third kappa shape index (κ3) is 3.32. The lowest BCUT2D eigenvalue weighted by molar-refractivity contribution is -0.130. The first kappa shape index (κ1) is 14.7. The Morgan fingerprint density at radius 2 is 2.14 bits per heavy atom. The average molecular weight is 299 g/mol. The van der Waals surface area contributed by atoms with Crippen LogP contribution in [0.25, 0.3) is 11.4 Å². The maximum atomic E-state index is 11.4. The zero-order valence-corrected chi connectivity index (χ0v) is 13.0. The zero-order valence-electron chi connectivity index (χ0n) is 13.0. The molecule has 0 aromatic carbocycles. The van der Waals surface area contributed by atoms with E-state index < -0.39 is 0 Å². The molecule has 6 heteroatoms. The molecule has 3 rings (SSSR count). The second-order valence-corrected chi connectivity index (χ2v) is 5.93. The minimum atomic E-state index is 0.173. The lowest BCUT2D eigenvalue weighted by Gasteiger charge is -2.31. The molecule has 1 saturated heterocycles. The van der Waals surface area contributed by atoms with E-state index in [0.717, 1.165) is 55.3 Å². The fraction of sp³-hybridized carbons (Fsp3) is 0.500. The highest BCUT2D eigenvalue weighted by Gasteiger charge is 2.22. The van der Waals surface area contributed by atoms with Gasteiger partial charge in [-0.1, -0.05) is 0 Å². The maximum absolute atomic E-state index is 11.4. The van der Waals surface area contributed by atoms with E-state index in [-0.39, 0.29) is 5.91 Å². The second-order valence-electron chi connectivity index (χ2n) is 5.93. The normalized spacial score (nSPS) is 16.0. The van der Waals surface area contributed by atoms with E-state index in [2.05, 4.69) is 20.2 Å². The highest BCUT2D eigenvalue weighted by atomic mass is 16.2. The summed E-state index contributed by atoms with van der Waals surface area (Å²) in [5.74, 6) is 1.60. The number of carbonyl (C=O) groups excluding carboxylic acids is 1. The minimum Gasteiger partial charge on any atom is -0.343 e. The molecule has 0 saturated carbocycles. The molecule has 0 radical (unpaired) electrons. The third-order valence-electron chi connectivity index (χ3n) is 4.21. The summed E-state index contributed by atoms with van der Waals surface area (Å²) in [5.41, 5.74) is 2.77. The van der Waals surface area contributed by atoms with Crippen molar-refractivity contribution in [3.63, 3.8) is 0 Å². The zero-order chi connectivity index (χ0) is 15.5. The third-order valence-corrected chi connectivity index (χ3v) is 4.21. The number of hydrogen-bond donors (Lipinski definition) is 1. The van der Waals surface area contributed by atoms with Gasteiger partial charge in [0.15, 0.2) is 0 Å². The molecule has 0 spiro atoms. The van der Waals surface area contributed by atoms with E-state index in [1.807, 2.05) is 24.0 Å². The molecule has 1 N–H and O–H groups in total. The number of aryl methyl sites for hydroxylation is 1. The van der Waals surface area contributed by atoms with Crippen LogP contribution >= 0.6 is 0 Å². The summed E-state index contributed by atoms with van der Waals surface area (Å²) in [6.45, 7) is 5.32. The predicted octanol–water partition coefficient (Wildman–Crippen LogP) is 1.98. The van der Waals surface area contributed by atoms with Gasteiger partial charge in [-0.2, -0.15) is 5.10 Å². The number of carbonyl (C=O) groups is 1. The number of amides is 1. The molecular formula is C16H21N5O. The highest BCUT2D eigenvalue weighted by molar-refractivity contribution is 5.73. The summed E-state index contributed by atoms with van der Waals surface area (Å²) in [4.78, 5) is 22.5. The molecule has 0 bridgehead atoms. The Kier molecular flexibility index (Phi) is 4.18. The van der Waals surface area contributed by atoms with Crippen molar-refractivity contribution < 1.29 is 4.79 Å². The Labute approximate surface area is 130 Å². The molecule has 6 nitrogen and oxygen atoms in total. The maximum Gasteiger partial charge on any atom is 0.219 e. The molecule has 22 heavy (non-hydrogen) atoms. The van der Waals surface area contributed by atoms with Gasteiger partial charge in [-0.05, 0) is 37.8 Å². The minimum absolute atomic E-state index is 0.173. The van der Waals surface area contributed by atoms with Crippen molar-refractivity contribution in [2.24, 2.45) is 5.92 Å². The Hall–Kier alpha value is -2.24. The largest absolute Gasteiger partial charge is 0.343 e. The smallest absolute Gasteiger partial charge is 0.219 e. The molecule has 0 aliphatic carbocycles. The van der Waals surface area contributed by atoms with E-state index in [1.165, 1.54) is 0 Å². The lowest BCUT2D eigenvalue weighted by atomic mass is 9.93. The summed E-state index contributed by atoms with van der Waals surface area (Å²) in [6, 6.07) is 3.88. The molecule has 1 aliphatic heterocycles. The number of rotatable bonds is 3. The Balaban J connectivity index is 1.70. The fourth-order valence-electron chi connectivity index (χ4n) is 2.97. The van der Waals surface area contributed by atoms with Crippen LogP contribution in [0.3, 0.4) is 0 Å². The Morgan fingerprint density at radius 3 is 2.77 bits per heavy atom. The summed E-state index contributed by atoms with van der Waals surface area (Å²) >= 11 is 0. The van der Waals surface area contributed by atoms with Crippen LogP contribution in [0.2, 0.25) is 0 Å². The lowest BCUT2D eigenvalue weighted by Crippen LogP contribution is -2.37. The average Bonchev–Trinajstić information content (AvgIpc) is 3.01. The molecule has 0 unspecified atom stereocenters. The van der Waals surface area contributed by atoms with Gasteiger partial charge >= 0.3 is 0 Å². The number of nitrogens with zero attached hydrogens (tertiary/aromatic N) is 4. The van der Waals surface area contributed by atoms with Crippen molar-refractivity contribution in [1.29, 1.82) is 0 Å². The molecular weight excluding hydrogens is 278 g/mol. The van der Waals surface area contributed by atoms with Gasteiger partial charge in [-0.3, -0.25) is 9.89 Å². The molecule has 116 valence electrons. The number of aromatic nitrogens is 4. The topological polar surface area (TPSA) is 74.8 Å². The Morgan fingerprint density at radius 1 is 1.36 bits per heavy atom. The van der Waals surface area contributed by atoms with E-state index >= 15 is 0 Å². The number of likely N-dealkylation sites (tertiary alicyclic amines) is 1. The van der Waals surface area contributed by atoms with Crippen molar-refractivity contribution in [3.8, 4) is 11.4 Å². The number of piperidine rings is 1. The molecule has 1 amide bonds. The molecule has 2 aromatic rings. The van der Waals surface area contributed by atoms with Crippen molar-refractivity contribution in [2.75, 3.05) is 13.1 Å². The van der Waals surface area contributed by atoms with E-state index in [9.17, 15) is 4.79 Å². The quantitative estimate of drug-likeness (QED) is 0.940. The molecule has 2 aromatic heterocycles. The van der Waals surface area contributed by atoms with Crippen molar-refractivity contribution in [1.82, 2.24) is 25.1 Å². The van der Waals surface area contributed by atoms with Gasteiger partial charge in [0.1, 0.15) is 5.82 Å². The van der Waals surface area contributed by atoms with Crippen LogP contribution < -0.4 is 0 Å². The summed E-state index contributed by atoms with van der Waals surface area (Å²) in [6.07, 6.45) is 4.64. The number of H-pyrrole nitrogens is 1. The molecule has 1 aliphatic rings. The second kappa shape index (κ2) is 6.25. The van der Waals surface area contributed by atoms with Crippen molar-refractivity contribution >= 4 is 5.91 Å². The van der Waals surface area contributed by atoms with Crippen LogP contribution in [0.1, 0.15) is 31.3 Å². The van der Waals surface area contributed by atoms with Crippen LogP contribution in [-0.4, -0.2) is 44.1 Å². The molecule has 3 heterocycles. The first-order valence-corrected chi connectivity index (χ1v) is 7.71. The van der Waals surface area contributed by atoms with E-state index in [4.69, 9.17) is 0 Å². The van der Waals surface area contributed by atoms with E-state index in [1.54, 1.807) is 13.1 Å². The first-order chi connectivity index (χ1) is 10.6. The fourth-order valence-corrected chi connectivity index (χ4v) is 2.97. The molecule has 0 atom stereocenters. The van der Waals surface area contributed by atoms with Crippen LogP contribution in [-0.2, 0) is 11.2 Å². The van der Waals surface area contributed by atoms with Gasteiger partial charge in [0.25, 0.3) is 0 Å². The van der Waals surface area contributed by atoms with Crippen LogP contribution in [0.4, 0.5) is 0 Å². The van der Waals surface area contributed by atoms with Crippen molar-refractivity contribution in [2.45, 2.75) is 33.1 Å². The monoisotopic (exact) mass is 299 g/mol. The summed E-state index contributed by atoms with van der Waals surface area (Å²) in [5, 5.41) is 6.92. The van der Waals surface area contributed by atoms with E-state index in [0.29, 0.717) is 5.92 Å². The summed E-state index contributed by atoms with van der Waals surface area (Å²) < 4.78 is 0. The summed E-state index contributed by atoms with van der Waals surface area (Å²) in [7, 11) is 0. The van der Waals surface area contributed by atoms with Gasteiger partial charge in [0.05, 0.1) is 11.4 Å². The van der Waals surface area contributed by atoms with Gasteiger partial charge in [-0.25, -0.2) is 9.97 Å². The van der Waals surface area contributed by atoms with Gasteiger partial charge in [0.2, 0.25) is 5.91 Å². The van der Waals surface area contributed by atoms with Crippen LogP contribution in [0.5, 0.6) is 0 Å².